The number of thioether (sulfide) groups is 1. The Bertz CT molecular complexity index is 796. The molecule has 0 saturated heterocycles. The van der Waals surface area contributed by atoms with E-state index in [1.165, 1.54) is 16.7 Å². The molecule has 0 aromatic heterocycles. The van der Waals surface area contributed by atoms with E-state index in [1.807, 2.05) is 24.3 Å². The average Bonchev–Trinajstić information content (AvgIpc) is 2.84. The Labute approximate surface area is 194 Å². The van der Waals surface area contributed by atoms with Crippen molar-refractivity contribution in [3.8, 4) is 0 Å². The maximum Gasteiger partial charge on any atom is 0.326 e. The lowest BCUT2D eigenvalue weighted by molar-refractivity contribution is -0.154. The molecule has 0 radical (unpaired) electrons. The third-order valence-corrected chi connectivity index (χ3v) is 5.91. The third kappa shape index (κ3) is 7.79. The van der Waals surface area contributed by atoms with Crippen molar-refractivity contribution in [3.63, 3.8) is 0 Å². The molecule has 9 heteroatoms. The van der Waals surface area contributed by atoms with Crippen molar-refractivity contribution in [1.82, 2.24) is 5.32 Å². The number of hydrogen-bond donors (Lipinski definition) is 2. The molecule has 8 nitrogen and oxygen atoms in total. The Kier molecular flexibility index (Phi) is 9.99. The second-order valence-electron chi connectivity index (χ2n) is 8.60. The minimum absolute atomic E-state index is 0.205. The van der Waals surface area contributed by atoms with E-state index in [9.17, 15) is 14.4 Å². The van der Waals surface area contributed by atoms with Gasteiger partial charge in [0.1, 0.15) is 18.2 Å². The van der Waals surface area contributed by atoms with Gasteiger partial charge in [-0.2, -0.15) is 0 Å². The number of rotatable bonds is 10. The van der Waals surface area contributed by atoms with Crippen molar-refractivity contribution in [2.45, 2.75) is 69.5 Å². The van der Waals surface area contributed by atoms with E-state index >= 15 is 0 Å². The number of nitrogens with two attached hydrogens (primary N) is 1. The summed E-state index contributed by atoms with van der Waals surface area (Å²) in [5.41, 5.74) is 5.59. The van der Waals surface area contributed by atoms with Gasteiger partial charge in [0.05, 0.1) is 18.3 Å². The average molecular weight is 466 g/mol. The molecule has 0 saturated carbocycles. The first kappa shape index (κ1) is 26.2. The number of hydrogen-bond acceptors (Lipinski definition) is 8. The summed E-state index contributed by atoms with van der Waals surface area (Å²) in [5.74, 6) is -0.728. The topological polar surface area (TPSA) is 111 Å². The molecule has 0 spiro atoms. The van der Waals surface area contributed by atoms with Gasteiger partial charge in [-0.1, -0.05) is 18.6 Å². The van der Waals surface area contributed by atoms with Crippen molar-refractivity contribution >= 4 is 35.3 Å². The summed E-state index contributed by atoms with van der Waals surface area (Å²) in [6.07, 6.45) is 2.04. The summed E-state index contributed by atoms with van der Waals surface area (Å²) in [6.45, 7) is 7.70. The van der Waals surface area contributed by atoms with E-state index in [4.69, 9.17) is 15.2 Å². The lowest BCUT2D eigenvalue weighted by Gasteiger charge is -2.28. The van der Waals surface area contributed by atoms with Gasteiger partial charge in [0, 0.05) is 10.6 Å². The first-order valence-corrected chi connectivity index (χ1v) is 12.0. The molecule has 32 heavy (non-hydrogen) atoms. The predicted octanol–water partition coefficient (Wildman–Crippen LogP) is 2.49. The number of nitrogens with one attached hydrogen (secondary N) is 1. The van der Waals surface area contributed by atoms with Gasteiger partial charge in [-0.05, 0) is 59.2 Å². The molecule has 1 heterocycles. The third-order valence-electron chi connectivity index (χ3n) is 4.75. The minimum atomic E-state index is -0.665. The Balaban J connectivity index is 2.25. The Morgan fingerprint density at radius 1 is 1.28 bits per heavy atom. The highest BCUT2D eigenvalue weighted by molar-refractivity contribution is 7.99. The molecular formula is C23H35N3O5S. The van der Waals surface area contributed by atoms with Gasteiger partial charge < -0.3 is 15.2 Å². The van der Waals surface area contributed by atoms with Crippen LogP contribution >= 0.6 is 11.8 Å². The zero-order valence-corrected chi connectivity index (χ0v) is 20.2. The van der Waals surface area contributed by atoms with Crippen LogP contribution in [0.15, 0.2) is 29.2 Å². The number of amides is 1. The maximum absolute atomic E-state index is 13.5. The van der Waals surface area contributed by atoms with Gasteiger partial charge in [-0.25, -0.2) is 0 Å². The Morgan fingerprint density at radius 3 is 2.66 bits per heavy atom. The van der Waals surface area contributed by atoms with Gasteiger partial charge >= 0.3 is 11.9 Å². The van der Waals surface area contributed by atoms with Gasteiger partial charge in [0.25, 0.3) is 0 Å². The minimum Gasteiger partial charge on any atom is -0.465 e. The van der Waals surface area contributed by atoms with E-state index in [0.29, 0.717) is 24.4 Å². The number of para-hydroxylation sites is 1. The SMILES string of the molecule is CCOC(=O)[C@@H](CCCCN)N[C@H]1CSc2ccccc2N(CC(=O)OC(C)(C)C)C1=O. The van der Waals surface area contributed by atoms with Crippen molar-refractivity contribution in [3.05, 3.63) is 24.3 Å². The fourth-order valence-corrected chi connectivity index (χ4v) is 4.47. The highest BCUT2D eigenvalue weighted by atomic mass is 32.2. The van der Waals surface area contributed by atoms with E-state index in [0.717, 1.165) is 17.7 Å². The number of benzene rings is 1. The maximum atomic E-state index is 13.5. The van der Waals surface area contributed by atoms with Crippen LogP contribution in [-0.4, -0.2) is 61.0 Å². The highest BCUT2D eigenvalue weighted by Gasteiger charge is 2.35. The number of unbranched alkanes of at least 4 members (excludes halogenated alkanes) is 1. The first-order chi connectivity index (χ1) is 15.2. The fourth-order valence-electron chi connectivity index (χ4n) is 3.39. The fraction of sp³-hybridized carbons (Fsp3) is 0.609. The number of carbonyl (C=O) groups is 3. The van der Waals surface area contributed by atoms with Crippen LogP contribution in [0.3, 0.4) is 0 Å². The smallest absolute Gasteiger partial charge is 0.326 e. The number of ether oxygens (including phenoxy) is 2. The van der Waals surface area contributed by atoms with Crippen LogP contribution in [0.4, 0.5) is 5.69 Å². The molecule has 0 unspecified atom stereocenters. The molecule has 2 rings (SSSR count). The van der Waals surface area contributed by atoms with Crippen molar-refractivity contribution in [2.75, 3.05) is 30.3 Å². The molecule has 2 atom stereocenters. The Morgan fingerprint density at radius 2 is 2.00 bits per heavy atom. The summed E-state index contributed by atoms with van der Waals surface area (Å²) in [6, 6.07) is 6.17. The van der Waals surface area contributed by atoms with Gasteiger partial charge in [0.2, 0.25) is 5.91 Å². The lowest BCUT2D eigenvalue weighted by Crippen LogP contribution is -2.54. The monoisotopic (exact) mass is 465 g/mol. The Hall–Kier alpha value is -2.10. The van der Waals surface area contributed by atoms with E-state index in [2.05, 4.69) is 5.32 Å². The van der Waals surface area contributed by atoms with Crippen LogP contribution in [0, 0.1) is 0 Å². The van der Waals surface area contributed by atoms with E-state index in [-0.39, 0.29) is 25.0 Å². The zero-order chi connectivity index (χ0) is 23.7. The molecule has 0 bridgehead atoms. The van der Waals surface area contributed by atoms with Crippen LogP contribution in [0.2, 0.25) is 0 Å². The number of anilines is 1. The largest absolute Gasteiger partial charge is 0.465 e. The van der Waals surface area contributed by atoms with Crippen molar-refractivity contribution in [1.29, 1.82) is 0 Å². The zero-order valence-electron chi connectivity index (χ0n) is 19.4. The number of nitrogens with zero attached hydrogens (tertiary/aromatic N) is 1. The molecule has 0 fully saturated rings. The standard InChI is InChI=1S/C23H35N3O5S/c1-5-30-22(29)16(10-8-9-13-24)25-17-15-32-19-12-7-6-11-18(19)26(21(17)28)14-20(27)31-23(2,3)4/h6-7,11-12,16-17,25H,5,8-10,13-15,24H2,1-4H3/t16-,17+/m1/s1. The second kappa shape index (κ2) is 12.2. The molecule has 3 N–H and O–H groups in total. The molecule has 178 valence electrons. The predicted molar refractivity (Wildman–Crippen MR) is 126 cm³/mol. The first-order valence-electron chi connectivity index (χ1n) is 11.0. The van der Waals surface area contributed by atoms with E-state index in [1.54, 1.807) is 27.7 Å². The molecule has 1 amide bonds. The molecule has 1 aliphatic rings. The van der Waals surface area contributed by atoms with Crippen LogP contribution < -0.4 is 16.0 Å². The molecule has 1 aromatic carbocycles. The summed E-state index contributed by atoms with van der Waals surface area (Å²) in [7, 11) is 0. The molecular weight excluding hydrogens is 430 g/mol. The van der Waals surface area contributed by atoms with E-state index < -0.39 is 23.7 Å². The summed E-state index contributed by atoms with van der Waals surface area (Å²) in [5, 5.41) is 3.20. The number of esters is 2. The number of fused-ring (bicyclic) bond motifs is 1. The van der Waals surface area contributed by atoms with Crippen molar-refractivity contribution < 1.29 is 23.9 Å². The van der Waals surface area contributed by atoms with Gasteiger partial charge in [-0.15, -0.1) is 11.8 Å². The quantitative estimate of drug-likeness (QED) is 0.401. The molecule has 0 aliphatic carbocycles. The molecule has 1 aromatic rings. The highest BCUT2D eigenvalue weighted by Crippen LogP contribution is 2.34. The van der Waals surface area contributed by atoms with Gasteiger partial charge in [0.15, 0.2) is 0 Å². The van der Waals surface area contributed by atoms with Crippen LogP contribution in [-0.2, 0) is 23.9 Å². The van der Waals surface area contributed by atoms with Crippen LogP contribution in [0.25, 0.3) is 0 Å². The van der Waals surface area contributed by atoms with Crippen molar-refractivity contribution in [2.24, 2.45) is 5.73 Å². The summed E-state index contributed by atoms with van der Waals surface area (Å²) >= 11 is 1.51. The normalized spacial score (nSPS) is 17.3. The van der Waals surface area contributed by atoms with Crippen LogP contribution in [0.1, 0.15) is 47.0 Å². The molecule has 1 aliphatic heterocycles. The van der Waals surface area contributed by atoms with Gasteiger partial charge in [-0.3, -0.25) is 24.6 Å². The lowest BCUT2D eigenvalue weighted by atomic mass is 10.1. The summed E-state index contributed by atoms with van der Waals surface area (Å²) < 4.78 is 10.7. The van der Waals surface area contributed by atoms with Crippen LogP contribution in [0.5, 0.6) is 0 Å². The summed E-state index contributed by atoms with van der Waals surface area (Å²) in [4.78, 5) is 40.9. The number of carbonyl (C=O) groups excluding carboxylic acids is 3. The second-order valence-corrected chi connectivity index (χ2v) is 9.66.